The topological polar surface area (TPSA) is 27.1 Å². The molecule has 18 heavy (non-hydrogen) atoms. The van der Waals surface area contributed by atoms with Crippen LogP contribution >= 0.6 is 0 Å². The average Bonchev–Trinajstić information content (AvgIpc) is 2.84. The lowest BCUT2D eigenvalue weighted by atomic mass is 10.2. The van der Waals surface area contributed by atoms with E-state index in [1.54, 1.807) is 0 Å². The Morgan fingerprint density at radius 3 is 2.78 bits per heavy atom. The molecule has 0 N–H and O–H groups in total. The maximum atomic E-state index is 5.87. The molecule has 0 radical (unpaired) electrons. The Hall–Kier alpha value is -1.77. The highest BCUT2D eigenvalue weighted by Crippen LogP contribution is 2.28. The van der Waals surface area contributed by atoms with Crippen molar-refractivity contribution in [3.63, 3.8) is 0 Å². The Balaban J connectivity index is 2.32. The predicted octanol–water partition coefficient (Wildman–Crippen LogP) is 3.60. The van der Waals surface area contributed by atoms with Crippen LogP contribution in [0.2, 0.25) is 0 Å². The van der Waals surface area contributed by atoms with Gasteiger partial charge in [-0.15, -0.1) is 0 Å². The van der Waals surface area contributed by atoms with Gasteiger partial charge in [0.05, 0.1) is 12.2 Å². The lowest BCUT2D eigenvalue weighted by Crippen LogP contribution is -2.06. The van der Waals surface area contributed by atoms with Gasteiger partial charge in [-0.3, -0.25) is 0 Å². The van der Waals surface area contributed by atoms with Crippen LogP contribution in [0.1, 0.15) is 20.8 Å². The number of nitrogens with zero attached hydrogens (tertiary/aromatic N) is 2. The van der Waals surface area contributed by atoms with Crippen molar-refractivity contribution < 1.29 is 4.74 Å². The summed E-state index contributed by atoms with van der Waals surface area (Å²) in [6.07, 6.45) is 3.83. The third-order valence-electron chi connectivity index (χ3n) is 2.76. The molecular weight excluding hydrogens is 224 g/mol. The van der Waals surface area contributed by atoms with Gasteiger partial charge >= 0.3 is 0 Å². The Kier molecular flexibility index (Phi) is 4.03. The zero-order valence-electron chi connectivity index (χ0n) is 11.3. The summed E-state index contributed by atoms with van der Waals surface area (Å²) in [5.41, 5.74) is 1.06. The van der Waals surface area contributed by atoms with Gasteiger partial charge in [-0.05, 0) is 25.0 Å². The molecule has 3 nitrogen and oxygen atoms in total. The average molecular weight is 244 g/mol. The summed E-state index contributed by atoms with van der Waals surface area (Å²) in [5.74, 6) is 2.40. The molecule has 0 unspecified atom stereocenters. The number of hydrogen-bond donors (Lipinski definition) is 0. The number of hydrogen-bond acceptors (Lipinski definition) is 2. The molecule has 96 valence electrons. The number of rotatable bonds is 5. The van der Waals surface area contributed by atoms with Crippen molar-refractivity contribution in [2.24, 2.45) is 5.92 Å². The van der Waals surface area contributed by atoms with Crippen molar-refractivity contribution in [3.05, 3.63) is 36.7 Å². The first-order valence-corrected chi connectivity index (χ1v) is 6.45. The molecule has 3 heteroatoms. The second-order valence-electron chi connectivity index (χ2n) is 4.74. The van der Waals surface area contributed by atoms with Crippen molar-refractivity contribution in [3.8, 4) is 17.1 Å². The van der Waals surface area contributed by atoms with Crippen LogP contribution < -0.4 is 4.74 Å². The Morgan fingerprint density at radius 1 is 1.28 bits per heavy atom. The molecule has 0 atom stereocenters. The molecule has 0 amide bonds. The van der Waals surface area contributed by atoms with Crippen molar-refractivity contribution in [1.82, 2.24) is 9.55 Å². The minimum absolute atomic E-state index is 0.518. The largest absolute Gasteiger partial charge is 0.493 e. The highest BCUT2D eigenvalue weighted by Gasteiger charge is 2.11. The maximum absolute atomic E-state index is 5.87. The van der Waals surface area contributed by atoms with Gasteiger partial charge in [0.25, 0.3) is 0 Å². The van der Waals surface area contributed by atoms with E-state index in [-0.39, 0.29) is 0 Å². The Labute approximate surface area is 108 Å². The number of benzene rings is 1. The van der Waals surface area contributed by atoms with Crippen LogP contribution in [0.3, 0.4) is 0 Å². The van der Waals surface area contributed by atoms with Gasteiger partial charge in [-0.1, -0.05) is 26.0 Å². The van der Waals surface area contributed by atoms with E-state index < -0.39 is 0 Å². The van der Waals surface area contributed by atoms with Crippen LogP contribution in [0.5, 0.6) is 5.75 Å². The van der Waals surface area contributed by atoms with Crippen molar-refractivity contribution in [2.45, 2.75) is 27.3 Å². The van der Waals surface area contributed by atoms with Gasteiger partial charge in [0.1, 0.15) is 11.6 Å². The quantitative estimate of drug-likeness (QED) is 0.803. The minimum Gasteiger partial charge on any atom is -0.493 e. The third kappa shape index (κ3) is 2.73. The summed E-state index contributed by atoms with van der Waals surface area (Å²) < 4.78 is 7.99. The summed E-state index contributed by atoms with van der Waals surface area (Å²) in [7, 11) is 0. The number of aromatic nitrogens is 2. The first-order valence-electron chi connectivity index (χ1n) is 6.45. The SMILES string of the molecule is CCn1ccnc1-c1ccccc1OCC(C)C. The zero-order valence-corrected chi connectivity index (χ0v) is 11.3. The molecule has 0 aliphatic heterocycles. The van der Waals surface area contributed by atoms with E-state index in [4.69, 9.17) is 4.74 Å². The van der Waals surface area contributed by atoms with E-state index in [1.807, 2.05) is 30.6 Å². The molecule has 0 aliphatic rings. The van der Waals surface area contributed by atoms with Crippen molar-refractivity contribution in [1.29, 1.82) is 0 Å². The maximum Gasteiger partial charge on any atom is 0.143 e. The molecule has 0 bridgehead atoms. The van der Waals surface area contributed by atoms with Crippen molar-refractivity contribution in [2.75, 3.05) is 6.61 Å². The van der Waals surface area contributed by atoms with Gasteiger partial charge in [0.2, 0.25) is 0 Å². The van der Waals surface area contributed by atoms with Crippen LogP contribution in [-0.2, 0) is 6.54 Å². The van der Waals surface area contributed by atoms with Crippen LogP contribution in [0.4, 0.5) is 0 Å². The predicted molar refractivity (Wildman–Crippen MR) is 73.7 cm³/mol. The molecule has 0 spiro atoms. The van der Waals surface area contributed by atoms with E-state index >= 15 is 0 Å². The fourth-order valence-corrected chi connectivity index (χ4v) is 1.84. The molecular formula is C15H20N2O. The second-order valence-corrected chi connectivity index (χ2v) is 4.74. The molecule has 0 saturated heterocycles. The highest BCUT2D eigenvalue weighted by atomic mass is 16.5. The zero-order chi connectivity index (χ0) is 13.0. The number of aryl methyl sites for hydroxylation is 1. The Bertz CT molecular complexity index is 503. The van der Waals surface area contributed by atoms with E-state index in [0.717, 1.165) is 30.3 Å². The van der Waals surface area contributed by atoms with E-state index in [9.17, 15) is 0 Å². The van der Waals surface area contributed by atoms with E-state index in [1.165, 1.54) is 0 Å². The first-order chi connectivity index (χ1) is 8.72. The molecule has 0 saturated carbocycles. The fraction of sp³-hybridized carbons (Fsp3) is 0.400. The molecule has 0 aliphatic carbocycles. The van der Waals surface area contributed by atoms with Crippen LogP contribution in [0.25, 0.3) is 11.4 Å². The monoisotopic (exact) mass is 244 g/mol. The standard InChI is InChI=1S/C15H20N2O/c1-4-17-10-9-16-15(17)13-7-5-6-8-14(13)18-11-12(2)3/h5-10,12H,4,11H2,1-3H3. The smallest absolute Gasteiger partial charge is 0.143 e. The summed E-state index contributed by atoms with van der Waals surface area (Å²) in [4.78, 5) is 4.43. The second kappa shape index (κ2) is 5.71. The van der Waals surface area contributed by atoms with E-state index in [2.05, 4.69) is 36.4 Å². The molecule has 1 heterocycles. The lowest BCUT2D eigenvalue weighted by Gasteiger charge is -2.13. The Morgan fingerprint density at radius 2 is 2.06 bits per heavy atom. The summed E-state index contributed by atoms with van der Waals surface area (Å²) >= 11 is 0. The number of para-hydroxylation sites is 1. The number of imidazole rings is 1. The molecule has 2 aromatic rings. The minimum atomic E-state index is 0.518. The molecule has 1 aromatic heterocycles. The van der Waals surface area contributed by atoms with Crippen LogP contribution in [-0.4, -0.2) is 16.2 Å². The molecule has 1 aromatic carbocycles. The fourth-order valence-electron chi connectivity index (χ4n) is 1.84. The summed E-state index contributed by atoms with van der Waals surface area (Å²) in [5, 5.41) is 0. The van der Waals surface area contributed by atoms with Gasteiger partial charge in [0, 0.05) is 18.9 Å². The van der Waals surface area contributed by atoms with Crippen LogP contribution in [0, 0.1) is 5.92 Å². The molecule has 2 rings (SSSR count). The summed E-state index contributed by atoms with van der Waals surface area (Å²) in [6.45, 7) is 8.05. The number of ether oxygens (including phenoxy) is 1. The van der Waals surface area contributed by atoms with Gasteiger partial charge in [0.15, 0.2) is 0 Å². The van der Waals surface area contributed by atoms with Gasteiger partial charge in [-0.2, -0.15) is 0 Å². The van der Waals surface area contributed by atoms with Crippen LogP contribution in [0.15, 0.2) is 36.7 Å². The normalized spacial score (nSPS) is 10.9. The first kappa shape index (κ1) is 12.7. The lowest BCUT2D eigenvalue weighted by molar-refractivity contribution is 0.272. The van der Waals surface area contributed by atoms with Crippen molar-refractivity contribution >= 4 is 0 Å². The highest BCUT2D eigenvalue weighted by molar-refractivity contribution is 5.64. The third-order valence-corrected chi connectivity index (χ3v) is 2.76. The molecule has 0 fully saturated rings. The summed E-state index contributed by atoms with van der Waals surface area (Å²) in [6, 6.07) is 8.08. The van der Waals surface area contributed by atoms with Gasteiger partial charge in [-0.25, -0.2) is 4.98 Å². The van der Waals surface area contributed by atoms with Gasteiger partial charge < -0.3 is 9.30 Å². The van der Waals surface area contributed by atoms with E-state index in [0.29, 0.717) is 5.92 Å².